The van der Waals surface area contributed by atoms with Crippen molar-refractivity contribution in [3.63, 3.8) is 0 Å². The fourth-order valence-corrected chi connectivity index (χ4v) is 9.46. The average Bonchev–Trinajstić information content (AvgIpc) is 3.07. The molecule has 1 saturated heterocycles. The van der Waals surface area contributed by atoms with E-state index in [1.54, 1.807) is 48.5 Å². The fourth-order valence-electron chi connectivity index (χ4n) is 9.46. The molecule has 2 N–H and O–H groups in total. The maximum Gasteiger partial charge on any atom is 0.341 e. The van der Waals surface area contributed by atoms with Gasteiger partial charge in [0, 0.05) is 35.9 Å². The van der Waals surface area contributed by atoms with Gasteiger partial charge in [0.1, 0.15) is 11.5 Å². The first-order chi connectivity index (χ1) is 27.6. The maximum absolute atomic E-state index is 15.1. The molecule has 2 atom stereocenters. The van der Waals surface area contributed by atoms with Crippen LogP contribution < -0.4 is 0 Å². The number of carbonyl (C=O) groups is 3. The first-order valence-corrected chi connectivity index (χ1v) is 21.8. The van der Waals surface area contributed by atoms with E-state index < -0.39 is 51.3 Å². The Labute approximate surface area is 366 Å². The minimum absolute atomic E-state index is 0.0259. The minimum atomic E-state index is -1.77. The normalized spacial score (nSPS) is 18.4. The number of nitrogens with zero attached hydrogens (tertiary/aromatic N) is 1. The molecule has 336 valence electrons. The molecule has 0 aromatic heterocycles. The van der Waals surface area contributed by atoms with E-state index in [9.17, 15) is 19.8 Å². The molecule has 61 heavy (non-hydrogen) atoms. The van der Waals surface area contributed by atoms with Gasteiger partial charge in [0.05, 0.1) is 11.5 Å². The molecule has 3 aromatic carbocycles. The number of benzene rings is 3. The molecule has 3 aromatic rings. The van der Waals surface area contributed by atoms with E-state index in [-0.39, 0.29) is 47.6 Å². The SMILES string of the molecule is CC(C)(C)CCC(=O)OC(C)(c1ccc(O)c(C(C)(C)C)c1)N1C(C)(C)CC(OC(=O)c2ccccc2)(OC(=O)C(CC(C)(C)C)c2ccc(O)c(C(C)(C)C)c2)CC1(C)C. The number of rotatable bonds is 11. The zero-order valence-electron chi connectivity index (χ0n) is 40.3. The Hall–Kier alpha value is -4.37. The molecule has 0 spiro atoms. The van der Waals surface area contributed by atoms with Crippen LogP contribution in [-0.2, 0) is 40.4 Å². The molecule has 1 heterocycles. The predicted octanol–water partition coefficient (Wildman–Crippen LogP) is 12.2. The van der Waals surface area contributed by atoms with Gasteiger partial charge in [-0.1, -0.05) is 113 Å². The number of hydrogen-bond acceptors (Lipinski definition) is 9. The number of likely N-dealkylation sites (tertiary alicyclic amines) is 1. The summed E-state index contributed by atoms with van der Waals surface area (Å²) in [5.74, 6) is -3.80. The Morgan fingerprint density at radius 1 is 0.672 bits per heavy atom. The van der Waals surface area contributed by atoms with Crippen molar-refractivity contribution in [2.75, 3.05) is 0 Å². The number of ether oxygens (including phenoxy) is 3. The second-order valence-electron chi connectivity index (χ2n) is 23.2. The van der Waals surface area contributed by atoms with Gasteiger partial charge in [-0.2, -0.15) is 0 Å². The number of piperidine rings is 1. The summed E-state index contributed by atoms with van der Waals surface area (Å²) in [6.07, 6.45) is 1.27. The molecule has 1 aliphatic heterocycles. The van der Waals surface area contributed by atoms with Crippen LogP contribution in [0.5, 0.6) is 11.5 Å². The molecular formula is C52H75NO8. The van der Waals surface area contributed by atoms with Gasteiger partial charge in [0.2, 0.25) is 0 Å². The number of carbonyl (C=O) groups excluding carboxylic acids is 3. The van der Waals surface area contributed by atoms with Crippen LogP contribution >= 0.6 is 0 Å². The Kier molecular flexibility index (Phi) is 13.8. The summed E-state index contributed by atoms with van der Waals surface area (Å²) in [6, 6.07) is 19.3. The quantitative estimate of drug-likeness (QED) is 0.143. The van der Waals surface area contributed by atoms with Gasteiger partial charge in [0.15, 0.2) is 5.72 Å². The predicted molar refractivity (Wildman–Crippen MR) is 242 cm³/mol. The number of hydrogen-bond donors (Lipinski definition) is 2. The lowest BCUT2D eigenvalue weighted by Gasteiger charge is -2.62. The van der Waals surface area contributed by atoms with Gasteiger partial charge in [-0.3, -0.25) is 14.5 Å². The highest BCUT2D eigenvalue weighted by atomic mass is 16.7. The van der Waals surface area contributed by atoms with Crippen molar-refractivity contribution in [2.45, 2.75) is 189 Å². The molecular weight excluding hydrogens is 767 g/mol. The van der Waals surface area contributed by atoms with E-state index >= 15 is 4.79 Å². The summed E-state index contributed by atoms with van der Waals surface area (Å²) in [4.78, 5) is 45.4. The highest BCUT2D eigenvalue weighted by Gasteiger charge is 2.63. The van der Waals surface area contributed by atoms with Crippen molar-refractivity contribution >= 4 is 17.9 Å². The van der Waals surface area contributed by atoms with Crippen molar-refractivity contribution in [3.8, 4) is 11.5 Å². The molecule has 0 amide bonds. The second kappa shape index (κ2) is 17.1. The van der Waals surface area contributed by atoms with Crippen LogP contribution in [0, 0.1) is 10.8 Å². The van der Waals surface area contributed by atoms with E-state index in [0.29, 0.717) is 40.7 Å². The van der Waals surface area contributed by atoms with Crippen LogP contribution in [0.2, 0.25) is 0 Å². The first kappa shape index (κ1) is 49.3. The van der Waals surface area contributed by atoms with Crippen LogP contribution in [0.3, 0.4) is 0 Å². The third kappa shape index (κ3) is 12.0. The Bertz CT molecular complexity index is 2040. The molecule has 9 nitrogen and oxygen atoms in total. The third-order valence-electron chi connectivity index (χ3n) is 11.7. The molecule has 1 aliphatic rings. The number of phenolic OH excluding ortho intramolecular Hbond substituents is 2. The van der Waals surface area contributed by atoms with E-state index in [4.69, 9.17) is 14.2 Å². The summed E-state index contributed by atoms with van der Waals surface area (Å²) < 4.78 is 20.0. The molecule has 1 fully saturated rings. The summed E-state index contributed by atoms with van der Waals surface area (Å²) >= 11 is 0. The monoisotopic (exact) mass is 842 g/mol. The van der Waals surface area contributed by atoms with Crippen LogP contribution in [0.4, 0.5) is 0 Å². The highest BCUT2D eigenvalue weighted by Crippen LogP contribution is 2.54. The van der Waals surface area contributed by atoms with E-state index in [0.717, 1.165) is 0 Å². The summed E-state index contributed by atoms with van der Waals surface area (Å²) in [5, 5.41) is 22.0. The topological polar surface area (TPSA) is 123 Å². The van der Waals surface area contributed by atoms with Gasteiger partial charge in [-0.05, 0) is 122 Å². The minimum Gasteiger partial charge on any atom is -0.508 e. The second-order valence-corrected chi connectivity index (χ2v) is 23.2. The van der Waals surface area contributed by atoms with Crippen molar-refractivity contribution in [1.82, 2.24) is 4.90 Å². The molecule has 0 bridgehead atoms. The molecule has 9 heteroatoms. The highest BCUT2D eigenvalue weighted by molar-refractivity contribution is 5.90. The summed E-state index contributed by atoms with van der Waals surface area (Å²) in [7, 11) is 0. The first-order valence-electron chi connectivity index (χ1n) is 21.8. The van der Waals surface area contributed by atoms with Crippen molar-refractivity contribution < 1.29 is 38.8 Å². The van der Waals surface area contributed by atoms with Gasteiger partial charge >= 0.3 is 17.9 Å². The van der Waals surface area contributed by atoms with Crippen LogP contribution in [0.15, 0.2) is 66.7 Å². The van der Waals surface area contributed by atoms with E-state index in [1.165, 1.54) is 0 Å². The maximum atomic E-state index is 15.1. The van der Waals surface area contributed by atoms with Gasteiger partial charge < -0.3 is 24.4 Å². The standard InChI is InChI=1S/C52H75NO8/c1-45(2,3)28-27-42(56)59-51(17,36-24-26-41(55)39(30-36)48(10,11)12)53-49(13,14)32-52(33-50(53,15)16,60-43(57)34-21-19-18-20-22-34)61-44(58)37(31-46(4,5)6)35-23-25-40(54)38(29-35)47(7,8)9/h18-26,29-30,37,54-55H,27-28,31-33H2,1-17H3. The lowest BCUT2D eigenvalue weighted by atomic mass is 9.72. The van der Waals surface area contributed by atoms with Gasteiger partial charge in [-0.25, -0.2) is 4.79 Å². The van der Waals surface area contributed by atoms with E-state index in [1.807, 2.05) is 94.4 Å². The van der Waals surface area contributed by atoms with Crippen LogP contribution in [0.1, 0.15) is 188 Å². The average molecular weight is 842 g/mol. The smallest absolute Gasteiger partial charge is 0.341 e. The van der Waals surface area contributed by atoms with Gasteiger partial charge in [-0.15, -0.1) is 0 Å². The molecule has 0 aliphatic carbocycles. The fraction of sp³-hybridized carbons (Fsp3) is 0.596. The molecule has 2 unspecified atom stereocenters. The van der Waals surface area contributed by atoms with Crippen LogP contribution in [0.25, 0.3) is 0 Å². The van der Waals surface area contributed by atoms with Crippen molar-refractivity contribution in [3.05, 3.63) is 94.5 Å². The zero-order valence-corrected chi connectivity index (χ0v) is 40.3. The Morgan fingerprint density at radius 3 is 1.67 bits per heavy atom. The van der Waals surface area contributed by atoms with Gasteiger partial charge in [0.25, 0.3) is 5.79 Å². The molecule has 4 rings (SSSR count). The summed E-state index contributed by atoms with van der Waals surface area (Å²) in [5.41, 5.74) is -1.54. The van der Waals surface area contributed by atoms with E-state index in [2.05, 4.69) is 46.4 Å². The number of esters is 3. The lowest BCUT2D eigenvalue weighted by Crippen LogP contribution is -2.72. The summed E-state index contributed by atoms with van der Waals surface area (Å²) in [6.45, 7) is 34.4. The zero-order chi connectivity index (χ0) is 46.4. The largest absolute Gasteiger partial charge is 0.508 e. The molecule has 0 saturated carbocycles. The number of phenols is 2. The Balaban J connectivity index is 1.93. The Morgan fingerprint density at radius 2 is 1.18 bits per heavy atom. The van der Waals surface area contributed by atoms with Crippen LogP contribution in [-0.4, -0.2) is 49.9 Å². The van der Waals surface area contributed by atoms with Crippen molar-refractivity contribution in [1.29, 1.82) is 0 Å². The third-order valence-corrected chi connectivity index (χ3v) is 11.7. The molecule has 0 radical (unpaired) electrons. The van der Waals surface area contributed by atoms with Crippen molar-refractivity contribution in [2.24, 2.45) is 10.8 Å². The number of aromatic hydroxyl groups is 2. The lowest BCUT2D eigenvalue weighted by molar-refractivity contribution is -0.298.